The summed E-state index contributed by atoms with van der Waals surface area (Å²) in [7, 11) is 0. The molecule has 0 amide bonds. The molecule has 0 aromatic rings. The van der Waals surface area contributed by atoms with E-state index < -0.39 is 0 Å². The summed E-state index contributed by atoms with van der Waals surface area (Å²) in [4.78, 5) is 2.73. The zero-order valence-electron chi connectivity index (χ0n) is 10.6. The van der Waals surface area contributed by atoms with Crippen molar-refractivity contribution in [3.05, 3.63) is 0 Å². The molecule has 15 heavy (non-hydrogen) atoms. The van der Waals surface area contributed by atoms with Crippen LogP contribution in [0.3, 0.4) is 0 Å². The Morgan fingerprint density at radius 3 is 2.73 bits per heavy atom. The molecule has 0 spiro atoms. The molecule has 1 saturated carbocycles. The molecule has 1 N–H and O–H groups in total. The molecule has 2 rings (SSSR count). The summed E-state index contributed by atoms with van der Waals surface area (Å²) in [5.74, 6) is 1.07. The van der Waals surface area contributed by atoms with Gasteiger partial charge in [-0.15, -0.1) is 0 Å². The van der Waals surface area contributed by atoms with Crippen LogP contribution in [0.5, 0.6) is 0 Å². The van der Waals surface area contributed by atoms with Gasteiger partial charge in [0.2, 0.25) is 0 Å². The molecule has 0 bridgehead atoms. The molecule has 2 unspecified atom stereocenters. The zero-order valence-corrected chi connectivity index (χ0v) is 10.6. The molecular weight excluding hydrogens is 184 g/mol. The van der Waals surface area contributed by atoms with Crippen molar-refractivity contribution in [2.24, 2.45) is 5.92 Å². The largest absolute Gasteiger partial charge is 0.311 e. The van der Waals surface area contributed by atoms with Crippen LogP contribution >= 0.6 is 0 Å². The fraction of sp³-hybridized carbons (Fsp3) is 1.00. The highest BCUT2D eigenvalue weighted by Gasteiger charge is 2.35. The Morgan fingerprint density at radius 1 is 1.40 bits per heavy atom. The third-order valence-corrected chi connectivity index (χ3v) is 4.35. The molecular formula is C13H26N2. The molecule has 2 aliphatic rings. The Bertz CT molecular complexity index is 213. The van der Waals surface area contributed by atoms with Crippen molar-refractivity contribution in [1.29, 1.82) is 0 Å². The highest BCUT2D eigenvalue weighted by atomic mass is 15.3. The van der Waals surface area contributed by atoms with Crippen LogP contribution in [0.25, 0.3) is 0 Å². The summed E-state index contributed by atoms with van der Waals surface area (Å²) in [5.41, 5.74) is 0.404. The number of hydrogen-bond donors (Lipinski definition) is 1. The summed E-state index contributed by atoms with van der Waals surface area (Å²) in [6, 6.07) is 0.670. The van der Waals surface area contributed by atoms with Crippen LogP contribution in [0.2, 0.25) is 0 Å². The lowest BCUT2D eigenvalue weighted by Gasteiger charge is -2.47. The Hall–Kier alpha value is -0.0800. The van der Waals surface area contributed by atoms with Crippen LogP contribution < -0.4 is 5.32 Å². The molecule has 0 aromatic heterocycles. The maximum Gasteiger partial charge on any atom is 0.0303 e. The molecule has 2 heteroatoms. The summed E-state index contributed by atoms with van der Waals surface area (Å²) in [6.45, 7) is 10.8. The average Bonchev–Trinajstić information content (AvgIpc) is 3.03. The van der Waals surface area contributed by atoms with E-state index in [1.165, 1.54) is 38.8 Å². The zero-order chi connectivity index (χ0) is 10.9. The molecule has 1 aliphatic heterocycles. The lowest BCUT2D eigenvalue weighted by atomic mass is 9.92. The van der Waals surface area contributed by atoms with Crippen molar-refractivity contribution >= 4 is 0 Å². The van der Waals surface area contributed by atoms with Gasteiger partial charge in [0.15, 0.2) is 0 Å². The van der Waals surface area contributed by atoms with Gasteiger partial charge in [-0.25, -0.2) is 0 Å². The lowest BCUT2D eigenvalue weighted by molar-refractivity contribution is 0.0503. The fourth-order valence-corrected chi connectivity index (χ4v) is 2.58. The number of hydrogen-bond acceptors (Lipinski definition) is 2. The highest BCUT2D eigenvalue weighted by Crippen LogP contribution is 2.34. The van der Waals surface area contributed by atoms with Crippen LogP contribution in [0, 0.1) is 5.92 Å². The number of rotatable bonds is 4. The van der Waals surface area contributed by atoms with Crippen molar-refractivity contribution in [2.75, 3.05) is 19.6 Å². The maximum absolute atomic E-state index is 3.62. The molecule has 88 valence electrons. The van der Waals surface area contributed by atoms with E-state index in [0.717, 1.165) is 12.5 Å². The second kappa shape index (κ2) is 4.42. The fourth-order valence-electron chi connectivity index (χ4n) is 2.58. The van der Waals surface area contributed by atoms with E-state index in [1.54, 1.807) is 0 Å². The highest BCUT2D eigenvalue weighted by molar-refractivity contribution is 4.94. The molecule has 1 heterocycles. The van der Waals surface area contributed by atoms with Crippen LogP contribution in [-0.2, 0) is 0 Å². The first-order valence-electron chi connectivity index (χ1n) is 6.62. The molecule has 0 radical (unpaired) electrons. The average molecular weight is 210 g/mol. The van der Waals surface area contributed by atoms with Gasteiger partial charge < -0.3 is 5.32 Å². The third kappa shape index (κ3) is 2.73. The monoisotopic (exact) mass is 210 g/mol. The van der Waals surface area contributed by atoms with Gasteiger partial charge in [-0.2, -0.15) is 0 Å². The first-order valence-corrected chi connectivity index (χ1v) is 6.62. The van der Waals surface area contributed by atoms with E-state index in [4.69, 9.17) is 0 Å². The van der Waals surface area contributed by atoms with Crippen LogP contribution in [0.1, 0.15) is 46.5 Å². The minimum absolute atomic E-state index is 0.404. The lowest BCUT2D eigenvalue weighted by Crippen LogP contribution is -2.62. The van der Waals surface area contributed by atoms with Gasteiger partial charge in [0.25, 0.3) is 0 Å². The van der Waals surface area contributed by atoms with Gasteiger partial charge in [0.1, 0.15) is 0 Å². The number of piperazine rings is 1. The van der Waals surface area contributed by atoms with E-state index in [0.29, 0.717) is 11.6 Å². The second-order valence-corrected chi connectivity index (χ2v) is 5.81. The Labute approximate surface area is 94.4 Å². The van der Waals surface area contributed by atoms with Crippen LogP contribution in [0.4, 0.5) is 0 Å². The normalized spacial score (nSPS) is 38.2. The molecule has 1 aliphatic carbocycles. The summed E-state index contributed by atoms with van der Waals surface area (Å²) < 4.78 is 0. The third-order valence-electron chi connectivity index (χ3n) is 4.35. The minimum atomic E-state index is 0.404. The summed E-state index contributed by atoms with van der Waals surface area (Å²) in [5, 5.41) is 3.62. The Kier molecular flexibility index (Phi) is 3.36. The van der Waals surface area contributed by atoms with Gasteiger partial charge in [-0.3, -0.25) is 4.90 Å². The molecule has 2 fully saturated rings. The quantitative estimate of drug-likeness (QED) is 0.765. The first kappa shape index (κ1) is 11.4. The van der Waals surface area contributed by atoms with E-state index in [1.807, 2.05) is 0 Å². The van der Waals surface area contributed by atoms with E-state index >= 15 is 0 Å². The molecule has 0 aromatic carbocycles. The van der Waals surface area contributed by atoms with Crippen LogP contribution in [0.15, 0.2) is 0 Å². The number of nitrogens with zero attached hydrogens (tertiary/aromatic N) is 1. The van der Waals surface area contributed by atoms with Gasteiger partial charge in [-0.05, 0) is 39.2 Å². The van der Waals surface area contributed by atoms with Crippen LogP contribution in [-0.4, -0.2) is 36.1 Å². The summed E-state index contributed by atoms with van der Waals surface area (Å²) in [6.07, 6.45) is 5.68. The van der Waals surface area contributed by atoms with Gasteiger partial charge >= 0.3 is 0 Å². The Morgan fingerprint density at radius 2 is 2.13 bits per heavy atom. The minimum Gasteiger partial charge on any atom is -0.311 e. The Balaban J connectivity index is 1.89. The van der Waals surface area contributed by atoms with Gasteiger partial charge in [0.05, 0.1) is 0 Å². The molecule has 2 atom stereocenters. The topological polar surface area (TPSA) is 15.3 Å². The predicted octanol–water partition coefficient (Wildman–Crippen LogP) is 2.25. The van der Waals surface area contributed by atoms with Crippen molar-refractivity contribution in [2.45, 2.75) is 58.0 Å². The van der Waals surface area contributed by atoms with Crippen molar-refractivity contribution in [1.82, 2.24) is 10.2 Å². The van der Waals surface area contributed by atoms with Gasteiger partial charge in [0, 0.05) is 24.7 Å². The summed E-state index contributed by atoms with van der Waals surface area (Å²) >= 11 is 0. The van der Waals surface area contributed by atoms with E-state index in [2.05, 4.69) is 31.0 Å². The molecule has 2 nitrogen and oxygen atoms in total. The van der Waals surface area contributed by atoms with Crippen molar-refractivity contribution in [3.63, 3.8) is 0 Å². The van der Waals surface area contributed by atoms with Crippen molar-refractivity contribution < 1.29 is 0 Å². The second-order valence-electron chi connectivity index (χ2n) is 5.81. The smallest absolute Gasteiger partial charge is 0.0303 e. The van der Waals surface area contributed by atoms with E-state index in [9.17, 15) is 0 Å². The van der Waals surface area contributed by atoms with Gasteiger partial charge in [-0.1, -0.05) is 19.8 Å². The standard InChI is InChI=1S/C13H26N2/c1-4-13(3)10-14-11(2)9-15(13)8-7-12-5-6-12/h11-12,14H,4-10H2,1-3H3. The first-order chi connectivity index (χ1) is 7.14. The SMILES string of the molecule is CCC1(C)CNC(C)CN1CCC1CC1. The number of nitrogens with one attached hydrogen (secondary N) is 1. The van der Waals surface area contributed by atoms with E-state index in [-0.39, 0.29) is 0 Å². The maximum atomic E-state index is 3.62. The predicted molar refractivity (Wildman–Crippen MR) is 65.1 cm³/mol. The van der Waals surface area contributed by atoms with Crippen molar-refractivity contribution in [3.8, 4) is 0 Å². The molecule has 1 saturated heterocycles.